The van der Waals surface area contributed by atoms with Crippen molar-refractivity contribution in [3.05, 3.63) is 174 Å². The van der Waals surface area contributed by atoms with Gasteiger partial charge < -0.3 is 18.9 Å². The summed E-state index contributed by atoms with van der Waals surface area (Å²) in [6.07, 6.45) is 0. The molecule has 0 atom stereocenters. The van der Waals surface area contributed by atoms with Crippen LogP contribution in [0.15, 0.2) is 183 Å². The van der Waals surface area contributed by atoms with Crippen LogP contribution in [0.3, 0.4) is 0 Å². The lowest BCUT2D eigenvalue weighted by Gasteiger charge is -2.04. The predicted molar refractivity (Wildman–Crippen MR) is 254 cm³/mol. The van der Waals surface area contributed by atoms with E-state index in [4.69, 9.17) is 8.83 Å². The summed E-state index contributed by atoms with van der Waals surface area (Å²) in [5.74, 6) is 0. The maximum absolute atomic E-state index is 9.31. The molecule has 276 valence electrons. The Labute approximate surface area is 346 Å². The van der Waals surface area contributed by atoms with Gasteiger partial charge in [-0.1, -0.05) is 148 Å². The van der Waals surface area contributed by atoms with Gasteiger partial charge >= 0.3 is 7.12 Å². The second-order valence-corrected chi connectivity index (χ2v) is 16.4. The molecule has 0 aliphatic carbocycles. The molecule has 57 heavy (non-hydrogen) atoms. The number of thiophene rings is 2. The van der Waals surface area contributed by atoms with Crippen LogP contribution in [0, 0.1) is 0 Å². The van der Waals surface area contributed by atoms with E-state index in [-0.39, 0.29) is 8.41 Å². The smallest absolute Gasteiger partial charge is 0.455 e. The molecule has 0 unspecified atom stereocenters. The van der Waals surface area contributed by atoms with E-state index in [9.17, 15) is 10.0 Å². The molecule has 8 aromatic carbocycles. The molecule has 4 heterocycles. The van der Waals surface area contributed by atoms with Gasteiger partial charge in [0.2, 0.25) is 0 Å². The molecule has 12 aromatic rings. The van der Waals surface area contributed by atoms with Gasteiger partial charge in [0.15, 0.2) is 0 Å². The van der Waals surface area contributed by atoms with Crippen molar-refractivity contribution in [2.75, 3.05) is 0 Å². The summed E-state index contributed by atoms with van der Waals surface area (Å²) in [6.45, 7) is 0. The van der Waals surface area contributed by atoms with Gasteiger partial charge in [-0.25, -0.2) is 0 Å². The minimum Gasteiger partial charge on any atom is -0.455 e. The van der Waals surface area contributed by atoms with E-state index >= 15 is 0 Å². The zero-order chi connectivity index (χ0) is 37.8. The number of hydrogen-bond acceptors (Lipinski definition) is 6. The largest absolute Gasteiger partial charge is 0.489 e. The third-order valence-electron chi connectivity index (χ3n) is 10.2. The Bertz CT molecular complexity index is 3290. The maximum atomic E-state index is 9.31. The van der Waals surface area contributed by atoms with Crippen LogP contribution in [0.2, 0.25) is 0 Å². The molecular formula is C48H34B2BrO4S2-. The fourth-order valence-corrected chi connectivity index (χ4v) is 10.5. The fourth-order valence-electron chi connectivity index (χ4n) is 7.60. The molecule has 0 saturated carbocycles. The van der Waals surface area contributed by atoms with Crippen molar-refractivity contribution >= 4 is 144 Å². The predicted octanol–water partition coefficient (Wildman–Crippen LogP) is 12.3. The summed E-state index contributed by atoms with van der Waals surface area (Å²) >= 11 is 6.93. The summed E-state index contributed by atoms with van der Waals surface area (Å²) in [6, 6.07) is 57.8. The van der Waals surface area contributed by atoms with Crippen molar-refractivity contribution < 1.29 is 18.9 Å². The van der Waals surface area contributed by atoms with Crippen molar-refractivity contribution in [1.29, 1.82) is 0 Å². The molecule has 0 amide bonds. The van der Waals surface area contributed by atoms with Gasteiger partial charge in [0.25, 0.3) is 0 Å². The third-order valence-corrected chi connectivity index (χ3v) is 13.2. The number of hydrogen-bond donors (Lipinski definition) is 2. The lowest BCUT2D eigenvalue weighted by Crippen LogP contribution is -2.29. The number of para-hydroxylation sites is 4. The van der Waals surface area contributed by atoms with Gasteiger partial charge in [-0.15, -0.1) is 22.7 Å². The molecular weight excluding hydrogens is 806 g/mol. The van der Waals surface area contributed by atoms with Crippen LogP contribution in [-0.4, -0.2) is 25.6 Å². The van der Waals surface area contributed by atoms with Crippen LogP contribution in [-0.2, 0) is 0 Å². The second-order valence-electron chi connectivity index (χ2n) is 13.5. The molecule has 4 nitrogen and oxygen atoms in total. The Hall–Kier alpha value is -5.67. The highest BCUT2D eigenvalue weighted by Crippen LogP contribution is 2.43. The SMILES string of the molecule is Brc1cccc2c1oc1ccccc12.OB(O)c1cccc2c1sc1ccccc12.[BH4-].c1ccc2c(c1)oc1c(-c3cccc4c3sc3ccccc34)cccc12. The van der Waals surface area contributed by atoms with Crippen LogP contribution >= 0.6 is 38.6 Å². The van der Waals surface area contributed by atoms with Gasteiger partial charge in [0, 0.05) is 67.6 Å². The zero-order valence-corrected chi connectivity index (χ0v) is 32.9. The molecule has 9 heteroatoms. The lowest BCUT2D eigenvalue weighted by molar-refractivity contribution is 0.426. The van der Waals surface area contributed by atoms with E-state index in [0.29, 0.717) is 5.46 Å². The van der Waals surface area contributed by atoms with Crippen molar-refractivity contribution in [3.8, 4) is 11.1 Å². The molecule has 0 aliphatic rings. The summed E-state index contributed by atoms with van der Waals surface area (Å²) in [4.78, 5) is 0. The first-order valence-corrected chi connectivity index (χ1v) is 20.6. The van der Waals surface area contributed by atoms with Crippen LogP contribution in [0.25, 0.3) is 95.3 Å². The zero-order valence-electron chi connectivity index (χ0n) is 29.6. The van der Waals surface area contributed by atoms with E-state index in [2.05, 4.69) is 107 Å². The molecule has 0 fully saturated rings. The average molecular weight is 840 g/mol. The Morgan fingerprint density at radius 1 is 0.404 bits per heavy atom. The third kappa shape index (κ3) is 6.51. The molecule has 0 bridgehead atoms. The second kappa shape index (κ2) is 15.3. The summed E-state index contributed by atoms with van der Waals surface area (Å²) in [5, 5.41) is 28.2. The van der Waals surface area contributed by atoms with Gasteiger partial charge in [0.1, 0.15) is 22.3 Å². The number of furan rings is 2. The van der Waals surface area contributed by atoms with Crippen molar-refractivity contribution in [1.82, 2.24) is 0 Å². The van der Waals surface area contributed by atoms with E-state index in [1.54, 1.807) is 17.4 Å². The van der Waals surface area contributed by atoms with Gasteiger partial charge in [-0.2, -0.15) is 0 Å². The summed E-state index contributed by atoms with van der Waals surface area (Å²) in [7, 11) is -1.41. The van der Waals surface area contributed by atoms with Gasteiger partial charge in [-0.05, 0) is 57.1 Å². The molecule has 12 rings (SSSR count). The fraction of sp³-hybridized carbons (Fsp3) is 0. The van der Waals surface area contributed by atoms with Crippen LogP contribution in [0.1, 0.15) is 0 Å². The minimum absolute atomic E-state index is 0. The van der Waals surface area contributed by atoms with E-state index in [0.717, 1.165) is 47.8 Å². The number of halogens is 1. The van der Waals surface area contributed by atoms with Crippen LogP contribution in [0.5, 0.6) is 0 Å². The molecule has 0 radical (unpaired) electrons. The number of fused-ring (bicyclic) bond motifs is 12. The Morgan fingerprint density at radius 2 is 0.842 bits per heavy atom. The van der Waals surface area contributed by atoms with Crippen molar-refractivity contribution in [2.24, 2.45) is 0 Å². The summed E-state index contributed by atoms with van der Waals surface area (Å²) in [5.41, 5.74) is 6.77. The van der Waals surface area contributed by atoms with Crippen LogP contribution in [0.4, 0.5) is 0 Å². The highest BCUT2D eigenvalue weighted by atomic mass is 79.9. The monoisotopic (exact) mass is 839 g/mol. The van der Waals surface area contributed by atoms with Crippen molar-refractivity contribution in [3.63, 3.8) is 0 Å². The average Bonchev–Trinajstić information content (AvgIpc) is 4.02. The van der Waals surface area contributed by atoms with Gasteiger partial charge in [-0.3, -0.25) is 0 Å². The molecule has 0 saturated heterocycles. The van der Waals surface area contributed by atoms with Crippen molar-refractivity contribution in [2.45, 2.75) is 0 Å². The molecule has 4 aromatic heterocycles. The van der Waals surface area contributed by atoms with E-state index < -0.39 is 7.12 Å². The first-order chi connectivity index (χ1) is 27.5. The first-order valence-electron chi connectivity index (χ1n) is 18.2. The Morgan fingerprint density at radius 3 is 1.47 bits per heavy atom. The number of rotatable bonds is 2. The molecule has 2 N–H and O–H groups in total. The molecule has 0 spiro atoms. The quantitative estimate of drug-likeness (QED) is 0.170. The Kier molecular flexibility index (Phi) is 9.95. The topological polar surface area (TPSA) is 66.7 Å². The lowest BCUT2D eigenvalue weighted by atomic mass is 9.80. The van der Waals surface area contributed by atoms with E-state index in [1.807, 2.05) is 84.1 Å². The Balaban J connectivity index is 0.000000118. The van der Waals surface area contributed by atoms with E-state index in [1.165, 1.54) is 52.0 Å². The standard InChI is InChI=1S/C24H14OS.C12H9BO2S.C12H7BrO.BH4/c1-3-13-21-15(7-1)17-9-5-10-18(23(17)25-21)20-12-6-11-19-16-8-2-4-14-22(16)26-24(19)20;14-13(15)10-6-3-5-9-8-4-1-2-7-11(8)16-12(9)10;13-10-6-3-5-9-8-4-1-2-7-11(8)14-12(9)10;/h1-14H;1-7,14-15H;1-7H;1H4/q;;;-1. The van der Waals surface area contributed by atoms with Gasteiger partial charge in [0.05, 0.1) is 4.47 Å². The maximum Gasteiger partial charge on any atom is 0.489 e. The highest BCUT2D eigenvalue weighted by Gasteiger charge is 2.18. The highest BCUT2D eigenvalue weighted by molar-refractivity contribution is 9.10. The normalized spacial score (nSPS) is 11.3. The first kappa shape index (κ1) is 36.9. The van der Waals surface area contributed by atoms with Crippen LogP contribution < -0.4 is 5.46 Å². The molecule has 0 aliphatic heterocycles. The summed E-state index contributed by atoms with van der Waals surface area (Å²) < 4.78 is 17.8. The number of benzene rings is 8. The minimum atomic E-state index is -1.41.